The highest BCUT2D eigenvalue weighted by atomic mass is 32.2. The molecule has 1 unspecified atom stereocenters. The molecule has 2 bridgehead atoms. The van der Waals surface area contributed by atoms with Crippen LogP contribution < -0.4 is 4.72 Å². The van der Waals surface area contributed by atoms with E-state index in [1.807, 2.05) is 6.07 Å². The molecule has 17 heavy (non-hydrogen) atoms. The Balaban J connectivity index is 1.93. The van der Waals surface area contributed by atoms with Crippen LogP contribution in [0.15, 0.2) is 15.6 Å². The van der Waals surface area contributed by atoms with Gasteiger partial charge in [-0.3, -0.25) is 14.4 Å². The average Bonchev–Trinajstić information content (AvgIpc) is 2.61. The maximum Gasteiger partial charge on any atom is 0.219 e. The van der Waals surface area contributed by atoms with Crippen LogP contribution in [-0.4, -0.2) is 28.6 Å². The van der Waals surface area contributed by atoms with E-state index >= 15 is 0 Å². The normalized spacial score (nSPS) is 28.2. The Kier molecular flexibility index (Phi) is 2.76. The van der Waals surface area contributed by atoms with Gasteiger partial charge in [0.25, 0.3) is 0 Å². The molecule has 3 aliphatic heterocycles. The van der Waals surface area contributed by atoms with Crippen molar-refractivity contribution in [3.05, 3.63) is 17.4 Å². The minimum absolute atomic E-state index is 0.357. The fourth-order valence-electron chi connectivity index (χ4n) is 2.67. The first-order valence-corrected chi connectivity index (χ1v) is 6.89. The van der Waals surface area contributed by atoms with Crippen molar-refractivity contribution in [3.63, 3.8) is 0 Å². The third kappa shape index (κ3) is 1.91. The second-order valence-electron chi connectivity index (χ2n) is 4.51. The number of carbonyl (C=O) groups is 1. The quantitative estimate of drug-likeness (QED) is 0.808. The number of hydrogen-bond donors (Lipinski definition) is 1. The van der Waals surface area contributed by atoms with Gasteiger partial charge in [0.05, 0.1) is 0 Å². The summed E-state index contributed by atoms with van der Waals surface area (Å²) in [5, 5.41) is 0.357. The van der Waals surface area contributed by atoms with E-state index in [-0.39, 0.29) is 0 Å². The minimum atomic E-state index is -1.56. The number of piperidine rings is 1. The van der Waals surface area contributed by atoms with Crippen LogP contribution >= 0.6 is 0 Å². The van der Waals surface area contributed by atoms with Crippen molar-refractivity contribution in [1.29, 1.82) is 0 Å². The highest BCUT2D eigenvalue weighted by Gasteiger charge is 2.31. The molecule has 1 saturated heterocycles. The number of amides is 1. The highest BCUT2D eigenvalue weighted by molar-refractivity contribution is 7.83. The van der Waals surface area contributed by atoms with E-state index in [1.165, 1.54) is 0 Å². The predicted molar refractivity (Wildman–Crippen MR) is 61.6 cm³/mol. The van der Waals surface area contributed by atoms with Gasteiger partial charge in [0.1, 0.15) is 5.76 Å². The molecule has 1 atom stereocenters. The predicted octanol–water partition coefficient (Wildman–Crippen LogP) is 0.741. The molecule has 5 nitrogen and oxygen atoms in total. The summed E-state index contributed by atoms with van der Waals surface area (Å²) in [7, 11) is -1.56. The minimum Gasteiger partial charge on any atom is -0.450 e. The summed E-state index contributed by atoms with van der Waals surface area (Å²) in [5.41, 5.74) is 1.13. The van der Waals surface area contributed by atoms with Crippen LogP contribution in [0, 0.1) is 0 Å². The van der Waals surface area contributed by atoms with Gasteiger partial charge in [0, 0.05) is 18.0 Å². The molecule has 0 aromatic carbocycles. The Morgan fingerprint density at radius 2 is 2.24 bits per heavy atom. The Morgan fingerprint density at radius 3 is 2.94 bits per heavy atom. The van der Waals surface area contributed by atoms with Crippen molar-refractivity contribution in [2.24, 2.45) is 0 Å². The average molecular weight is 254 g/mol. The molecular weight excluding hydrogens is 240 g/mol. The molecule has 0 radical (unpaired) electrons. The van der Waals surface area contributed by atoms with E-state index in [2.05, 4.69) is 9.62 Å². The van der Waals surface area contributed by atoms with Crippen LogP contribution in [-0.2, 0) is 22.3 Å². The SMILES string of the molecule is O=CNS(=O)c1cc2c(o1)C1CCN(CC1)C2. The Hall–Kier alpha value is -1.14. The Bertz CT molecular complexity index is 463. The zero-order chi connectivity index (χ0) is 11.8. The monoisotopic (exact) mass is 254 g/mol. The smallest absolute Gasteiger partial charge is 0.219 e. The molecule has 3 aliphatic rings. The summed E-state index contributed by atoms with van der Waals surface area (Å²) in [6.45, 7) is 3.09. The summed E-state index contributed by atoms with van der Waals surface area (Å²) in [6, 6.07) is 1.82. The lowest BCUT2D eigenvalue weighted by Gasteiger charge is -2.26. The molecule has 0 saturated carbocycles. The molecule has 0 aliphatic carbocycles. The molecule has 4 rings (SSSR count). The van der Waals surface area contributed by atoms with E-state index in [0.717, 1.165) is 43.8 Å². The van der Waals surface area contributed by atoms with E-state index in [4.69, 9.17) is 4.42 Å². The van der Waals surface area contributed by atoms with Gasteiger partial charge < -0.3 is 4.42 Å². The van der Waals surface area contributed by atoms with Crippen LogP contribution in [0.5, 0.6) is 0 Å². The van der Waals surface area contributed by atoms with Crippen LogP contribution in [0.1, 0.15) is 30.1 Å². The van der Waals surface area contributed by atoms with Crippen molar-refractivity contribution >= 4 is 17.4 Å². The standard InChI is InChI=1S/C11H14N2O3S/c14-7-12-17(15)10-5-9-6-13-3-1-8(2-4-13)11(9)16-10/h5,7-8H,1-4,6H2,(H,12,14). The van der Waals surface area contributed by atoms with Gasteiger partial charge in [0.2, 0.25) is 11.5 Å². The number of rotatable bonds is 3. The number of fused-ring (bicyclic) bond motifs is 2. The van der Waals surface area contributed by atoms with Gasteiger partial charge in [-0.15, -0.1) is 0 Å². The molecule has 1 aromatic heterocycles. The summed E-state index contributed by atoms with van der Waals surface area (Å²) in [6.07, 6.45) is 2.64. The van der Waals surface area contributed by atoms with Gasteiger partial charge >= 0.3 is 0 Å². The van der Waals surface area contributed by atoms with Gasteiger partial charge in [-0.05, 0) is 32.0 Å². The van der Waals surface area contributed by atoms with Crippen molar-refractivity contribution in [2.45, 2.75) is 30.4 Å². The molecule has 4 heterocycles. The zero-order valence-corrected chi connectivity index (χ0v) is 10.2. The van der Waals surface area contributed by atoms with Crippen LogP contribution in [0.25, 0.3) is 0 Å². The first kappa shape index (κ1) is 11.0. The van der Waals surface area contributed by atoms with E-state index < -0.39 is 11.0 Å². The molecule has 92 valence electrons. The summed E-state index contributed by atoms with van der Waals surface area (Å²) in [5.74, 6) is 1.42. The number of nitrogens with zero attached hydrogens (tertiary/aromatic N) is 1. The molecular formula is C11H14N2O3S. The maximum atomic E-state index is 11.6. The largest absolute Gasteiger partial charge is 0.450 e. The van der Waals surface area contributed by atoms with Crippen LogP contribution in [0.3, 0.4) is 0 Å². The van der Waals surface area contributed by atoms with Crippen molar-refractivity contribution in [2.75, 3.05) is 13.1 Å². The topological polar surface area (TPSA) is 62.6 Å². The zero-order valence-electron chi connectivity index (χ0n) is 9.35. The lowest BCUT2D eigenvalue weighted by molar-refractivity contribution is -0.108. The van der Waals surface area contributed by atoms with Crippen molar-refractivity contribution in [1.82, 2.24) is 9.62 Å². The number of carbonyl (C=O) groups excluding carboxylic acids is 1. The lowest BCUT2D eigenvalue weighted by atomic mass is 9.95. The first-order valence-electron chi connectivity index (χ1n) is 5.74. The molecule has 1 N–H and O–H groups in total. The second-order valence-corrected chi connectivity index (χ2v) is 5.69. The number of furan rings is 1. The summed E-state index contributed by atoms with van der Waals surface area (Å²) in [4.78, 5) is 12.6. The van der Waals surface area contributed by atoms with Crippen LogP contribution in [0.4, 0.5) is 0 Å². The van der Waals surface area contributed by atoms with Gasteiger partial charge in [-0.2, -0.15) is 0 Å². The van der Waals surface area contributed by atoms with Crippen molar-refractivity contribution < 1.29 is 13.4 Å². The summed E-state index contributed by atoms with van der Waals surface area (Å²) >= 11 is 0. The van der Waals surface area contributed by atoms with Gasteiger partial charge in [0.15, 0.2) is 11.0 Å². The first-order chi connectivity index (χ1) is 8.28. The van der Waals surface area contributed by atoms with E-state index in [9.17, 15) is 9.00 Å². The molecule has 1 amide bonds. The fraction of sp³-hybridized carbons (Fsp3) is 0.545. The molecule has 1 aromatic rings. The molecule has 1 fully saturated rings. The number of nitrogens with one attached hydrogen (secondary N) is 1. The highest BCUT2D eigenvalue weighted by Crippen LogP contribution is 2.37. The Labute approximate surface area is 102 Å². The lowest BCUT2D eigenvalue weighted by Crippen LogP contribution is -2.28. The van der Waals surface area contributed by atoms with Gasteiger partial charge in [-0.25, -0.2) is 4.21 Å². The maximum absolute atomic E-state index is 11.6. The van der Waals surface area contributed by atoms with Crippen molar-refractivity contribution in [3.8, 4) is 0 Å². The van der Waals surface area contributed by atoms with E-state index in [0.29, 0.717) is 17.4 Å². The van der Waals surface area contributed by atoms with Gasteiger partial charge in [-0.1, -0.05) is 0 Å². The van der Waals surface area contributed by atoms with E-state index in [1.54, 1.807) is 0 Å². The van der Waals surface area contributed by atoms with Crippen LogP contribution in [0.2, 0.25) is 0 Å². The third-order valence-corrected chi connectivity index (χ3v) is 4.39. The molecule has 6 heteroatoms. The fourth-order valence-corrected chi connectivity index (χ4v) is 3.29. The third-order valence-electron chi connectivity index (χ3n) is 3.51. The summed E-state index contributed by atoms with van der Waals surface area (Å²) < 4.78 is 19.5. The molecule has 0 spiro atoms. The second kappa shape index (κ2) is 4.27. The number of hydrogen-bond acceptors (Lipinski definition) is 4. The Morgan fingerprint density at radius 1 is 1.47 bits per heavy atom.